The summed E-state index contributed by atoms with van der Waals surface area (Å²) in [5, 5.41) is 0. The second kappa shape index (κ2) is 9.09. The topological polar surface area (TPSA) is 46.6 Å². The van der Waals surface area contributed by atoms with Crippen molar-refractivity contribution >= 4 is 12.3 Å². The molecule has 0 spiro atoms. The van der Waals surface area contributed by atoms with Crippen LogP contribution in [-0.4, -0.2) is 42.4 Å². The number of ether oxygens (including phenoxy) is 1. The van der Waals surface area contributed by atoms with Crippen LogP contribution in [0.5, 0.6) is 0 Å². The number of rotatable bonds is 9. The van der Waals surface area contributed by atoms with E-state index in [0.717, 1.165) is 32.1 Å². The van der Waals surface area contributed by atoms with Gasteiger partial charge < -0.3 is 9.53 Å². The Balaban J connectivity index is 4.08. The monoisotopic (exact) mass is 257 g/mol. The molecule has 4 nitrogen and oxygen atoms in total. The zero-order chi connectivity index (χ0) is 14.0. The molecule has 0 aliphatic carbocycles. The lowest BCUT2D eigenvalue weighted by atomic mass is 10.0. The van der Waals surface area contributed by atoms with Crippen LogP contribution in [0.2, 0.25) is 0 Å². The lowest BCUT2D eigenvalue weighted by molar-refractivity contribution is -0.145. The highest BCUT2D eigenvalue weighted by molar-refractivity contribution is 5.71. The Hall–Kier alpha value is -0.900. The minimum absolute atomic E-state index is 0.0442. The average Bonchev–Trinajstić information content (AvgIpc) is 2.26. The largest absolute Gasteiger partial charge is 0.465 e. The highest BCUT2D eigenvalue weighted by atomic mass is 16.5. The van der Waals surface area contributed by atoms with Crippen LogP contribution in [0.1, 0.15) is 53.4 Å². The lowest BCUT2D eigenvalue weighted by Crippen LogP contribution is -2.45. The zero-order valence-corrected chi connectivity index (χ0v) is 12.2. The van der Waals surface area contributed by atoms with E-state index in [1.54, 1.807) is 0 Å². The van der Waals surface area contributed by atoms with E-state index in [9.17, 15) is 9.59 Å². The summed E-state index contributed by atoms with van der Waals surface area (Å²) in [5.74, 6) is -0.166. The maximum absolute atomic E-state index is 11.5. The summed E-state index contributed by atoms with van der Waals surface area (Å²) in [4.78, 5) is 23.9. The first-order valence-corrected chi connectivity index (χ1v) is 6.76. The minimum atomic E-state index is -0.166. The van der Waals surface area contributed by atoms with Crippen LogP contribution in [0, 0.1) is 0 Å². The molecule has 0 bridgehead atoms. The van der Waals surface area contributed by atoms with Gasteiger partial charge in [0.1, 0.15) is 6.29 Å². The van der Waals surface area contributed by atoms with Crippen molar-refractivity contribution in [2.45, 2.75) is 58.9 Å². The van der Waals surface area contributed by atoms with Gasteiger partial charge in [-0.3, -0.25) is 9.69 Å². The number of unbranched alkanes of at least 4 members (excludes halogenated alkanes) is 3. The summed E-state index contributed by atoms with van der Waals surface area (Å²) in [6, 6.07) is 0. The normalized spacial score (nSPS) is 11.6. The van der Waals surface area contributed by atoms with Crippen LogP contribution in [-0.2, 0) is 14.3 Å². The summed E-state index contributed by atoms with van der Waals surface area (Å²) < 4.78 is 4.99. The number of nitrogens with zero attached hydrogens (tertiary/aromatic N) is 1. The zero-order valence-electron chi connectivity index (χ0n) is 12.2. The lowest BCUT2D eigenvalue weighted by Gasteiger charge is -2.34. The van der Waals surface area contributed by atoms with E-state index in [2.05, 4.69) is 25.7 Å². The van der Waals surface area contributed by atoms with Gasteiger partial charge in [0.15, 0.2) is 0 Å². The Morgan fingerprint density at radius 2 is 1.89 bits per heavy atom. The number of esters is 1. The third-order valence-corrected chi connectivity index (χ3v) is 2.82. The van der Waals surface area contributed by atoms with Crippen LogP contribution in [0.25, 0.3) is 0 Å². The van der Waals surface area contributed by atoms with Crippen molar-refractivity contribution in [1.82, 2.24) is 4.90 Å². The van der Waals surface area contributed by atoms with E-state index in [-0.39, 0.29) is 11.5 Å². The van der Waals surface area contributed by atoms with Crippen molar-refractivity contribution in [3.63, 3.8) is 0 Å². The van der Waals surface area contributed by atoms with E-state index < -0.39 is 0 Å². The summed E-state index contributed by atoms with van der Waals surface area (Å²) >= 11 is 0. The van der Waals surface area contributed by atoms with Gasteiger partial charge in [0.2, 0.25) is 0 Å². The van der Waals surface area contributed by atoms with Crippen LogP contribution in [0.3, 0.4) is 0 Å². The molecule has 0 aliphatic heterocycles. The third kappa shape index (κ3) is 8.23. The molecule has 0 aliphatic rings. The first kappa shape index (κ1) is 17.1. The molecule has 0 unspecified atom stereocenters. The van der Waals surface area contributed by atoms with Gasteiger partial charge in [-0.15, -0.1) is 0 Å². The Kier molecular flexibility index (Phi) is 8.63. The van der Waals surface area contributed by atoms with E-state index in [1.807, 2.05) is 6.92 Å². The molecule has 0 fully saturated rings. The van der Waals surface area contributed by atoms with E-state index in [0.29, 0.717) is 19.6 Å². The van der Waals surface area contributed by atoms with Crippen molar-refractivity contribution < 1.29 is 14.3 Å². The molecule has 0 N–H and O–H groups in total. The second-order valence-electron chi connectivity index (χ2n) is 5.41. The molecule has 0 rings (SSSR count). The van der Waals surface area contributed by atoms with Crippen molar-refractivity contribution in [3.8, 4) is 0 Å². The molecule has 0 aromatic rings. The molecular formula is C14H27NO3. The van der Waals surface area contributed by atoms with Gasteiger partial charge in [-0.25, -0.2) is 0 Å². The van der Waals surface area contributed by atoms with Gasteiger partial charge in [-0.2, -0.15) is 0 Å². The smallest absolute Gasteiger partial charge is 0.320 e. The minimum Gasteiger partial charge on any atom is -0.465 e. The fourth-order valence-electron chi connectivity index (χ4n) is 1.72. The van der Waals surface area contributed by atoms with Gasteiger partial charge in [0.25, 0.3) is 0 Å². The van der Waals surface area contributed by atoms with E-state index in [1.165, 1.54) is 0 Å². The third-order valence-electron chi connectivity index (χ3n) is 2.82. The second-order valence-corrected chi connectivity index (χ2v) is 5.41. The SMILES string of the molecule is CCOC(=O)CN(CCCCCC=O)C(C)(C)C. The van der Waals surface area contributed by atoms with Gasteiger partial charge >= 0.3 is 5.97 Å². The van der Waals surface area contributed by atoms with Gasteiger partial charge in [0.05, 0.1) is 13.2 Å². The Morgan fingerprint density at radius 1 is 1.22 bits per heavy atom. The Labute approximate surface area is 111 Å². The maximum atomic E-state index is 11.5. The average molecular weight is 257 g/mol. The molecule has 18 heavy (non-hydrogen) atoms. The Bertz CT molecular complexity index is 246. The molecule has 0 aromatic heterocycles. The molecule has 0 amide bonds. The molecule has 0 atom stereocenters. The molecule has 106 valence electrons. The van der Waals surface area contributed by atoms with Gasteiger partial charge in [0, 0.05) is 12.0 Å². The van der Waals surface area contributed by atoms with Crippen molar-refractivity contribution in [3.05, 3.63) is 0 Å². The molecular weight excluding hydrogens is 230 g/mol. The summed E-state index contributed by atoms with van der Waals surface area (Å²) in [6.45, 7) is 9.73. The highest BCUT2D eigenvalue weighted by Crippen LogP contribution is 2.14. The van der Waals surface area contributed by atoms with Crippen molar-refractivity contribution in [1.29, 1.82) is 0 Å². The number of hydrogen-bond donors (Lipinski definition) is 0. The number of carbonyl (C=O) groups is 2. The van der Waals surface area contributed by atoms with Gasteiger partial charge in [-0.1, -0.05) is 6.42 Å². The van der Waals surface area contributed by atoms with Crippen LogP contribution >= 0.6 is 0 Å². The predicted molar refractivity (Wildman–Crippen MR) is 72.5 cm³/mol. The van der Waals surface area contributed by atoms with Crippen LogP contribution in [0.15, 0.2) is 0 Å². The first-order valence-electron chi connectivity index (χ1n) is 6.76. The highest BCUT2D eigenvalue weighted by Gasteiger charge is 2.23. The van der Waals surface area contributed by atoms with Crippen molar-refractivity contribution in [2.24, 2.45) is 0 Å². The van der Waals surface area contributed by atoms with Crippen molar-refractivity contribution in [2.75, 3.05) is 19.7 Å². The van der Waals surface area contributed by atoms with E-state index in [4.69, 9.17) is 4.74 Å². The number of carbonyl (C=O) groups excluding carboxylic acids is 2. The first-order chi connectivity index (χ1) is 8.41. The standard InChI is InChI=1S/C14H27NO3/c1-5-18-13(17)12-15(14(2,3)4)10-8-6-7-9-11-16/h11H,5-10,12H2,1-4H3. The number of aldehydes is 1. The molecule has 4 heteroatoms. The molecule has 0 saturated carbocycles. The predicted octanol–water partition coefficient (Wildman–Crippen LogP) is 2.41. The molecule has 0 saturated heterocycles. The Morgan fingerprint density at radius 3 is 2.39 bits per heavy atom. The van der Waals surface area contributed by atoms with E-state index >= 15 is 0 Å². The summed E-state index contributed by atoms with van der Waals surface area (Å²) in [5.41, 5.74) is -0.0442. The van der Waals surface area contributed by atoms with Crippen LogP contribution < -0.4 is 0 Å². The maximum Gasteiger partial charge on any atom is 0.320 e. The fraction of sp³-hybridized carbons (Fsp3) is 0.857. The molecule has 0 radical (unpaired) electrons. The summed E-state index contributed by atoms with van der Waals surface area (Å²) in [6.07, 6.45) is 4.55. The quantitative estimate of drug-likeness (QED) is 0.361. The molecule has 0 aromatic carbocycles. The fourth-order valence-corrected chi connectivity index (χ4v) is 1.72. The summed E-state index contributed by atoms with van der Waals surface area (Å²) in [7, 11) is 0. The number of hydrogen-bond acceptors (Lipinski definition) is 4. The molecule has 0 heterocycles. The van der Waals surface area contributed by atoms with Crippen LogP contribution in [0.4, 0.5) is 0 Å². The van der Waals surface area contributed by atoms with Gasteiger partial charge in [-0.05, 0) is 47.1 Å².